The molecule has 0 unspecified atom stereocenters. The van der Waals surface area contributed by atoms with Crippen molar-refractivity contribution in [1.82, 2.24) is 14.8 Å². The first-order valence-electron chi connectivity index (χ1n) is 9.83. The molecule has 1 aromatic carbocycles. The lowest BCUT2D eigenvalue weighted by atomic mass is 9.97. The number of hydrogen-bond acceptors (Lipinski definition) is 4. The summed E-state index contributed by atoms with van der Waals surface area (Å²) in [5, 5.41) is 12.6. The van der Waals surface area contributed by atoms with Crippen molar-refractivity contribution in [2.45, 2.75) is 39.4 Å². The van der Waals surface area contributed by atoms with E-state index in [0.29, 0.717) is 5.69 Å². The van der Waals surface area contributed by atoms with Gasteiger partial charge < -0.3 is 15.6 Å². The number of benzene rings is 1. The number of piperidine rings is 1. The highest BCUT2D eigenvalue weighted by atomic mass is 16.1. The third-order valence-electron chi connectivity index (χ3n) is 5.70. The van der Waals surface area contributed by atoms with Crippen molar-refractivity contribution < 1.29 is 4.79 Å². The summed E-state index contributed by atoms with van der Waals surface area (Å²) in [6.45, 7) is 6.16. The second kappa shape index (κ2) is 9.05. The first kappa shape index (κ1) is 20.1. The van der Waals surface area contributed by atoms with Crippen molar-refractivity contribution in [1.29, 1.82) is 5.26 Å². The molecule has 1 aromatic heterocycles. The van der Waals surface area contributed by atoms with Crippen LogP contribution in [0.2, 0.25) is 0 Å². The molecule has 0 saturated carbocycles. The fourth-order valence-corrected chi connectivity index (χ4v) is 3.92. The van der Waals surface area contributed by atoms with Crippen molar-refractivity contribution in [2.75, 3.05) is 13.1 Å². The number of nitrogens with zero attached hydrogens (tertiary/aromatic N) is 3. The van der Waals surface area contributed by atoms with Gasteiger partial charge in [-0.1, -0.05) is 24.3 Å². The molecule has 0 spiro atoms. The van der Waals surface area contributed by atoms with Crippen LogP contribution in [-0.4, -0.2) is 28.5 Å². The minimum absolute atomic E-state index is 0.0222. The molecule has 1 amide bonds. The van der Waals surface area contributed by atoms with Gasteiger partial charge in [-0.2, -0.15) is 5.26 Å². The lowest BCUT2D eigenvalue weighted by Crippen LogP contribution is -2.40. The Morgan fingerprint density at radius 1 is 1.32 bits per heavy atom. The Kier molecular flexibility index (Phi) is 6.50. The number of rotatable bonds is 7. The molecule has 6 heteroatoms. The third kappa shape index (κ3) is 4.80. The van der Waals surface area contributed by atoms with E-state index in [1.807, 2.05) is 24.6 Å². The Morgan fingerprint density at radius 2 is 2.11 bits per heavy atom. The molecule has 28 heavy (non-hydrogen) atoms. The maximum absolute atomic E-state index is 11.5. The summed E-state index contributed by atoms with van der Waals surface area (Å²) in [5.74, 6) is -0.204. The number of hydrogen-bond donors (Lipinski definition) is 2. The number of aromatic nitrogens is 1. The van der Waals surface area contributed by atoms with Gasteiger partial charge in [0.25, 0.3) is 0 Å². The number of primary amides is 1. The summed E-state index contributed by atoms with van der Waals surface area (Å²) in [6, 6.07) is 12.7. The third-order valence-corrected chi connectivity index (χ3v) is 5.70. The molecule has 6 nitrogen and oxygen atoms in total. The van der Waals surface area contributed by atoms with E-state index >= 15 is 0 Å². The normalized spacial score (nSPS) is 17.4. The number of nitrogens with one attached hydrogen (secondary N) is 1. The van der Waals surface area contributed by atoms with Gasteiger partial charge in [-0.15, -0.1) is 0 Å². The lowest BCUT2D eigenvalue weighted by molar-refractivity contribution is -0.123. The maximum Gasteiger partial charge on any atom is 0.221 e. The van der Waals surface area contributed by atoms with E-state index in [9.17, 15) is 4.79 Å². The average Bonchev–Trinajstić information content (AvgIpc) is 2.96. The van der Waals surface area contributed by atoms with Crippen LogP contribution in [0.25, 0.3) is 0 Å². The smallest absolute Gasteiger partial charge is 0.221 e. The van der Waals surface area contributed by atoms with Crippen LogP contribution in [-0.2, 0) is 31.5 Å². The van der Waals surface area contributed by atoms with E-state index < -0.39 is 0 Å². The van der Waals surface area contributed by atoms with Gasteiger partial charge >= 0.3 is 0 Å². The van der Waals surface area contributed by atoms with Gasteiger partial charge in [0.15, 0.2) is 0 Å². The van der Waals surface area contributed by atoms with Crippen LogP contribution in [0, 0.1) is 24.2 Å². The molecule has 0 aliphatic carbocycles. The molecular weight excluding hydrogens is 350 g/mol. The zero-order chi connectivity index (χ0) is 20.1. The SMILES string of the molecule is Cc1c(CNCc2cccc(CN3CCC[C@@H](C(N)=O)C3)c2)cc(C#N)n1C. The Hall–Kier alpha value is -2.62. The summed E-state index contributed by atoms with van der Waals surface area (Å²) in [7, 11) is 1.92. The minimum atomic E-state index is -0.182. The number of likely N-dealkylation sites (tertiary alicyclic amines) is 1. The standard InChI is InChI=1S/C22H29N5O/c1-16-20(10-21(11-23)26(16)2)13-25-12-17-5-3-6-18(9-17)14-27-8-4-7-19(15-27)22(24)28/h3,5-6,9-10,19,25H,4,7-8,12-15H2,1-2H3,(H2,24,28)/t19-/m1/s1. The maximum atomic E-state index is 11.5. The Balaban J connectivity index is 1.55. The summed E-state index contributed by atoms with van der Waals surface area (Å²) in [6.07, 6.45) is 1.93. The zero-order valence-corrected chi connectivity index (χ0v) is 16.7. The van der Waals surface area contributed by atoms with E-state index in [0.717, 1.165) is 56.8 Å². The Morgan fingerprint density at radius 3 is 2.82 bits per heavy atom. The van der Waals surface area contributed by atoms with Crippen LogP contribution >= 0.6 is 0 Å². The second-order valence-corrected chi connectivity index (χ2v) is 7.71. The summed E-state index contributed by atoms with van der Waals surface area (Å²) < 4.78 is 1.93. The van der Waals surface area contributed by atoms with Crippen molar-refractivity contribution in [3.8, 4) is 6.07 Å². The molecule has 1 fully saturated rings. The van der Waals surface area contributed by atoms with Gasteiger partial charge in [0, 0.05) is 38.9 Å². The van der Waals surface area contributed by atoms with Crippen LogP contribution in [0.4, 0.5) is 0 Å². The number of carbonyl (C=O) groups is 1. The molecule has 1 atom stereocenters. The quantitative estimate of drug-likeness (QED) is 0.772. The molecule has 3 rings (SSSR count). The molecule has 0 bridgehead atoms. The van der Waals surface area contributed by atoms with Crippen LogP contribution < -0.4 is 11.1 Å². The fourth-order valence-electron chi connectivity index (χ4n) is 3.92. The minimum Gasteiger partial charge on any atom is -0.369 e. The molecule has 1 saturated heterocycles. The first-order valence-corrected chi connectivity index (χ1v) is 9.83. The topological polar surface area (TPSA) is 87.1 Å². The van der Waals surface area contributed by atoms with Gasteiger partial charge in [0.05, 0.1) is 5.92 Å². The molecule has 0 radical (unpaired) electrons. The molecule has 2 heterocycles. The van der Waals surface area contributed by atoms with Gasteiger partial charge in [0.1, 0.15) is 11.8 Å². The van der Waals surface area contributed by atoms with E-state index in [1.165, 1.54) is 11.1 Å². The highest BCUT2D eigenvalue weighted by Gasteiger charge is 2.23. The first-order chi connectivity index (χ1) is 13.5. The van der Waals surface area contributed by atoms with Gasteiger partial charge in [0.2, 0.25) is 5.91 Å². The van der Waals surface area contributed by atoms with Crippen LogP contribution in [0.15, 0.2) is 30.3 Å². The van der Waals surface area contributed by atoms with Crippen molar-refractivity contribution in [3.05, 3.63) is 58.4 Å². The van der Waals surface area contributed by atoms with Gasteiger partial charge in [-0.05, 0) is 49.1 Å². The van der Waals surface area contributed by atoms with Crippen molar-refractivity contribution in [3.63, 3.8) is 0 Å². The second-order valence-electron chi connectivity index (χ2n) is 7.71. The van der Waals surface area contributed by atoms with Crippen LogP contribution in [0.3, 0.4) is 0 Å². The molecule has 148 valence electrons. The summed E-state index contributed by atoms with van der Waals surface area (Å²) >= 11 is 0. The highest BCUT2D eigenvalue weighted by Crippen LogP contribution is 2.19. The molecular formula is C22H29N5O. The fraction of sp³-hybridized carbons (Fsp3) is 0.455. The van der Waals surface area contributed by atoms with Crippen LogP contribution in [0.1, 0.15) is 40.9 Å². The summed E-state index contributed by atoms with van der Waals surface area (Å²) in [4.78, 5) is 13.8. The molecule has 1 aliphatic heterocycles. The number of nitriles is 1. The lowest BCUT2D eigenvalue weighted by Gasteiger charge is -2.31. The largest absolute Gasteiger partial charge is 0.369 e. The molecule has 2 aromatic rings. The zero-order valence-electron chi connectivity index (χ0n) is 16.7. The molecule has 1 aliphatic rings. The van der Waals surface area contributed by atoms with Crippen LogP contribution in [0.5, 0.6) is 0 Å². The van der Waals surface area contributed by atoms with E-state index in [1.54, 1.807) is 0 Å². The van der Waals surface area contributed by atoms with Crippen molar-refractivity contribution >= 4 is 5.91 Å². The van der Waals surface area contributed by atoms with Crippen molar-refractivity contribution in [2.24, 2.45) is 18.7 Å². The number of amides is 1. The van der Waals surface area contributed by atoms with E-state index in [4.69, 9.17) is 11.0 Å². The predicted octanol–water partition coefficient (Wildman–Crippen LogP) is 2.19. The molecule has 3 N–H and O–H groups in total. The average molecular weight is 380 g/mol. The van der Waals surface area contributed by atoms with Gasteiger partial charge in [-0.3, -0.25) is 9.69 Å². The van der Waals surface area contributed by atoms with Gasteiger partial charge in [-0.25, -0.2) is 0 Å². The number of carbonyl (C=O) groups excluding carboxylic acids is 1. The number of nitrogens with two attached hydrogens (primary N) is 1. The summed E-state index contributed by atoms with van der Waals surface area (Å²) in [5.41, 5.74) is 10.9. The van der Waals surface area contributed by atoms with E-state index in [2.05, 4.69) is 40.6 Å². The monoisotopic (exact) mass is 379 g/mol. The Bertz CT molecular complexity index is 880. The Labute approximate surface area is 166 Å². The van der Waals surface area contributed by atoms with E-state index in [-0.39, 0.29) is 11.8 Å². The predicted molar refractivity (Wildman–Crippen MR) is 109 cm³/mol. The highest BCUT2D eigenvalue weighted by molar-refractivity contribution is 5.76.